The van der Waals surface area contributed by atoms with E-state index in [2.05, 4.69) is 0 Å². The van der Waals surface area contributed by atoms with Crippen molar-refractivity contribution in [3.8, 4) is 0 Å². The number of carbonyl (C=O) groups excluding carboxylic acids is 2. The predicted octanol–water partition coefficient (Wildman–Crippen LogP) is 1.10. The van der Waals surface area contributed by atoms with Crippen molar-refractivity contribution in [3.05, 3.63) is 0 Å². The second-order valence-electron chi connectivity index (χ2n) is 2.65. The third-order valence-corrected chi connectivity index (χ3v) is 1.87. The van der Waals surface area contributed by atoms with Crippen LogP contribution in [-0.4, -0.2) is 17.8 Å². The fourth-order valence-corrected chi connectivity index (χ4v) is 1.18. The van der Waals surface area contributed by atoms with Crippen LogP contribution < -0.4 is 0 Å². The summed E-state index contributed by atoms with van der Waals surface area (Å²) in [6.07, 6.45) is 1.43. The molecule has 11 heavy (non-hydrogen) atoms. The minimum Gasteiger partial charge on any atom is -0.465 e. The average Bonchev–Trinajstić information content (AvgIpc) is 2.31. The summed E-state index contributed by atoms with van der Waals surface area (Å²) in [4.78, 5) is 20.9. The molecule has 0 spiro atoms. The van der Waals surface area contributed by atoms with Gasteiger partial charge in [-0.25, -0.2) is 0 Å². The monoisotopic (exact) mass is 176 g/mol. The van der Waals surface area contributed by atoms with E-state index in [4.69, 9.17) is 16.3 Å². The van der Waals surface area contributed by atoms with Crippen molar-refractivity contribution >= 4 is 22.8 Å². The van der Waals surface area contributed by atoms with Crippen LogP contribution in [0.15, 0.2) is 0 Å². The first kappa shape index (κ1) is 8.53. The van der Waals surface area contributed by atoms with Crippen molar-refractivity contribution in [3.63, 3.8) is 0 Å². The number of esters is 1. The summed E-state index contributed by atoms with van der Waals surface area (Å²) < 4.78 is 4.70. The second-order valence-corrected chi connectivity index (χ2v) is 3.07. The zero-order valence-corrected chi connectivity index (χ0v) is 6.76. The minimum absolute atomic E-state index is 0.169. The molecule has 1 rings (SSSR count). The van der Waals surface area contributed by atoms with Crippen LogP contribution in [0.5, 0.6) is 0 Å². The number of rotatable bonds is 3. The summed E-state index contributed by atoms with van der Waals surface area (Å²) in [5.41, 5.74) is 0. The van der Waals surface area contributed by atoms with Crippen molar-refractivity contribution in [2.75, 3.05) is 6.61 Å². The van der Waals surface area contributed by atoms with Gasteiger partial charge >= 0.3 is 5.97 Å². The van der Waals surface area contributed by atoms with E-state index >= 15 is 0 Å². The number of ether oxygens (including phenoxy) is 1. The fraction of sp³-hybridized carbons (Fsp3) is 0.714. The van der Waals surface area contributed by atoms with Gasteiger partial charge in [-0.05, 0) is 18.0 Å². The van der Waals surface area contributed by atoms with Gasteiger partial charge in [-0.2, -0.15) is 0 Å². The molecule has 0 N–H and O–H groups in total. The summed E-state index contributed by atoms with van der Waals surface area (Å²) in [6.45, 7) is 0.447. The highest BCUT2D eigenvalue weighted by molar-refractivity contribution is 6.63. The molecule has 3 nitrogen and oxygen atoms in total. The largest absolute Gasteiger partial charge is 0.465 e. The van der Waals surface area contributed by atoms with Crippen molar-refractivity contribution in [1.82, 2.24) is 0 Å². The average molecular weight is 177 g/mol. The highest BCUT2D eigenvalue weighted by Gasteiger charge is 2.23. The third-order valence-electron chi connectivity index (χ3n) is 1.68. The van der Waals surface area contributed by atoms with Gasteiger partial charge in [0, 0.05) is 12.3 Å². The molecule has 1 saturated heterocycles. The molecule has 0 aromatic rings. The lowest BCUT2D eigenvalue weighted by Gasteiger charge is -2.00. The molecule has 4 heteroatoms. The number of hydrogen-bond acceptors (Lipinski definition) is 3. The van der Waals surface area contributed by atoms with Gasteiger partial charge in [0.05, 0.1) is 13.0 Å². The maximum absolute atomic E-state index is 10.6. The van der Waals surface area contributed by atoms with Crippen LogP contribution in [0, 0.1) is 5.92 Å². The lowest BCUT2D eigenvalue weighted by Crippen LogP contribution is -2.00. The van der Waals surface area contributed by atoms with Crippen LogP contribution in [0.1, 0.15) is 19.3 Å². The molecule has 0 bridgehead atoms. The Morgan fingerprint density at radius 3 is 2.91 bits per heavy atom. The van der Waals surface area contributed by atoms with Gasteiger partial charge in [-0.1, -0.05) is 0 Å². The lowest BCUT2D eigenvalue weighted by molar-refractivity contribution is -0.137. The summed E-state index contributed by atoms with van der Waals surface area (Å²) in [7, 11) is 0. The Balaban J connectivity index is 2.18. The molecular weight excluding hydrogens is 168 g/mol. The SMILES string of the molecule is O=C(Cl)CC[C@@H]1COC(=O)C1. The van der Waals surface area contributed by atoms with E-state index < -0.39 is 0 Å². The van der Waals surface area contributed by atoms with E-state index in [1.54, 1.807) is 0 Å². The smallest absolute Gasteiger partial charge is 0.306 e. The molecule has 0 amide bonds. The van der Waals surface area contributed by atoms with Gasteiger partial charge in [-0.3, -0.25) is 9.59 Å². The summed E-state index contributed by atoms with van der Waals surface area (Å²) in [5.74, 6) is 0.0298. The van der Waals surface area contributed by atoms with Gasteiger partial charge in [0.2, 0.25) is 5.24 Å². The maximum Gasteiger partial charge on any atom is 0.306 e. The van der Waals surface area contributed by atoms with E-state index in [0.29, 0.717) is 25.9 Å². The quantitative estimate of drug-likeness (QED) is 0.478. The highest BCUT2D eigenvalue weighted by Crippen LogP contribution is 2.19. The third kappa shape index (κ3) is 2.89. The number of carbonyl (C=O) groups is 2. The molecule has 0 aliphatic carbocycles. The molecule has 0 aromatic carbocycles. The van der Waals surface area contributed by atoms with Crippen molar-refractivity contribution in [2.24, 2.45) is 5.92 Å². The van der Waals surface area contributed by atoms with Crippen molar-refractivity contribution in [1.29, 1.82) is 0 Å². The van der Waals surface area contributed by atoms with Gasteiger partial charge in [0.25, 0.3) is 0 Å². The molecule has 1 aliphatic rings. The van der Waals surface area contributed by atoms with Crippen LogP contribution in [0.3, 0.4) is 0 Å². The normalized spacial score (nSPS) is 23.4. The first-order valence-electron chi connectivity index (χ1n) is 3.52. The van der Waals surface area contributed by atoms with E-state index in [0.717, 1.165) is 0 Å². The van der Waals surface area contributed by atoms with Gasteiger partial charge in [-0.15, -0.1) is 0 Å². The Hall–Kier alpha value is -0.570. The molecule has 0 unspecified atom stereocenters. The Bertz CT molecular complexity index is 179. The molecule has 0 saturated carbocycles. The first-order valence-corrected chi connectivity index (χ1v) is 3.90. The standard InChI is InChI=1S/C7H9ClO3/c8-6(9)2-1-5-3-7(10)11-4-5/h5H,1-4H2/t5-/m0/s1. The van der Waals surface area contributed by atoms with Crippen LogP contribution in [0.2, 0.25) is 0 Å². The molecule has 1 heterocycles. The second kappa shape index (κ2) is 3.72. The summed E-state index contributed by atoms with van der Waals surface area (Å²) in [6, 6.07) is 0. The van der Waals surface area contributed by atoms with Gasteiger partial charge in [0.1, 0.15) is 0 Å². The highest BCUT2D eigenvalue weighted by atomic mass is 35.5. The first-order chi connectivity index (χ1) is 5.18. The van der Waals surface area contributed by atoms with E-state index in [1.807, 2.05) is 0 Å². The van der Waals surface area contributed by atoms with E-state index in [1.165, 1.54) is 0 Å². The zero-order valence-electron chi connectivity index (χ0n) is 6.01. The molecule has 0 aromatic heterocycles. The molecule has 62 valence electrons. The number of halogens is 1. The van der Waals surface area contributed by atoms with Crippen LogP contribution in [0.4, 0.5) is 0 Å². The maximum atomic E-state index is 10.6. The molecule has 1 fully saturated rings. The Morgan fingerprint density at radius 2 is 2.45 bits per heavy atom. The van der Waals surface area contributed by atoms with Crippen LogP contribution in [0.25, 0.3) is 0 Å². The summed E-state index contributed by atoms with van der Waals surface area (Å²) in [5, 5.41) is -0.343. The molecule has 1 atom stereocenters. The Kier molecular flexibility index (Phi) is 2.88. The number of hydrogen-bond donors (Lipinski definition) is 0. The van der Waals surface area contributed by atoms with Crippen LogP contribution in [-0.2, 0) is 14.3 Å². The van der Waals surface area contributed by atoms with E-state index in [9.17, 15) is 9.59 Å². The van der Waals surface area contributed by atoms with Gasteiger partial charge in [0.15, 0.2) is 0 Å². The fourth-order valence-electron chi connectivity index (χ4n) is 1.07. The zero-order chi connectivity index (χ0) is 8.27. The predicted molar refractivity (Wildman–Crippen MR) is 39.2 cm³/mol. The van der Waals surface area contributed by atoms with Gasteiger partial charge < -0.3 is 4.74 Å². The van der Waals surface area contributed by atoms with Crippen LogP contribution >= 0.6 is 11.6 Å². The van der Waals surface area contributed by atoms with E-state index in [-0.39, 0.29) is 17.1 Å². The Labute approximate surface area is 69.7 Å². The topological polar surface area (TPSA) is 43.4 Å². The lowest BCUT2D eigenvalue weighted by atomic mass is 10.0. The van der Waals surface area contributed by atoms with Crippen molar-refractivity contribution in [2.45, 2.75) is 19.3 Å². The molecule has 1 aliphatic heterocycles. The van der Waals surface area contributed by atoms with Crippen molar-refractivity contribution < 1.29 is 14.3 Å². The molecule has 0 radical (unpaired) electrons. The number of cyclic esters (lactones) is 1. The molecular formula is C7H9ClO3. The summed E-state index contributed by atoms with van der Waals surface area (Å²) >= 11 is 5.13. The minimum atomic E-state index is -0.343. The Morgan fingerprint density at radius 1 is 1.73 bits per heavy atom.